The van der Waals surface area contributed by atoms with Crippen LogP contribution >= 0.6 is 12.2 Å². The third-order valence-electron chi connectivity index (χ3n) is 4.59. The second-order valence-electron chi connectivity index (χ2n) is 6.61. The van der Waals surface area contributed by atoms with Crippen molar-refractivity contribution in [1.29, 1.82) is 0 Å². The molecule has 11 heteroatoms. The molecule has 0 aromatic heterocycles. The first-order valence-electron chi connectivity index (χ1n) is 8.99. The van der Waals surface area contributed by atoms with Gasteiger partial charge in [-0.3, -0.25) is 20.2 Å². The third-order valence-corrected chi connectivity index (χ3v) is 4.80. The van der Waals surface area contributed by atoms with E-state index < -0.39 is 28.3 Å². The normalized spacial score (nSPS) is 13.8. The molecular weight excluding hydrogens is 421 g/mol. The number of halogens is 3. The van der Waals surface area contributed by atoms with Gasteiger partial charge in [0, 0.05) is 19.2 Å². The number of nitrogens with one attached hydrogen (secondary N) is 2. The average molecular weight is 438 g/mol. The molecule has 0 bridgehead atoms. The van der Waals surface area contributed by atoms with Crippen LogP contribution in [0.5, 0.6) is 0 Å². The van der Waals surface area contributed by atoms with Gasteiger partial charge in [-0.25, -0.2) is 0 Å². The summed E-state index contributed by atoms with van der Waals surface area (Å²) < 4.78 is 39.5. The molecule has 3 rings (SSSR count). The highest BCUT2D eigenvalue weighted by atomic mass is 32.1. The highest BCUT2D eigenvalue weighted by molar-refractivity contribution is 7.80. The van der Waals surface area contributed by atoms with Gasteiger partial charge in [0.2, 0.25) is 0 Å². The topological polar surface area (TPSA) is 87.5 Å². The fourth-order valence-electron chi connectivity index (χ4n) is 3.20. The first-order valence-corrected chi connectivity index (χ1v) is 9.39. The first-order chi connectivity index (χ1) is 14.2. The first kappa shape index (κ1) is 21.5. The minimum Gasteiger partial charge on any atom is -0.370 e. The zero-order valence-electron chi connectivity index (χ0n) is 15.5. The number of thiocarbonyl (C=S) groups is 1. The Balaban J connectivity index is 1.83. The molecule has 7 nitrogen and oxygen atoms in total. The van der Waals surface area contributed by atoms with Crippen molar-refractivity contribution in [1.82, 2.24) is 5.32 Å². The summed E-state index contributed by atoms with van der Waals surface area (Å²) in [6.07, 6.45) is -2.71. The van der Waals surface area contributed by atoms with Crippen molar-refractivity contribution in [3.8, 4) is 0 Å². The van der Waals surface area contributed by atoms with E-state index in [1.165, 1.54) is 30.3 Å². The van der Waals surface area contributed by atoms with Gasteiger partial charge in [-0.15, -0.1) is 0 Å². The summed E-state index contributed by atoms with van der Waals surface area (Å²) in [6.45, 7) is 1.38. The minimum atomic E-state index is -4.55. The smallest absolute Gasteiger partial charge is 0.370 e. The fraction of sp³-hybridized carbons (Fsp3) is 0.263. The lowest BCUT2D eigenvalue weighted by Crippen LogP contribution is -2.35. The van der Waals surface area contributed by atoms with E-state index in [4.69, 9.17) is 12.2 Å². The number of nitro groups is 1. The van der Waals surface area contributed by atoms with Crippen molar-refractivity contribution in [2.45, 2.75) is 19.0 Å². The second kappa shape index (κ2) is 8.66. The van der Waals surface area contributed by atoms with Crippen molar-refractivity contribution < 1.29 is 22.9 Å². The Hall–Kier alpha value is -3.21. The number of hydrogen-bond donors (Lipinski definition) is 2. The summed E-state index contributed by atoms with van der Waals surface area (Å²) in [6, 6.07) is 8.58. The maximum absolute atomic E-state index is 13.2. The van der Waals surface area contributed by atoms with Gasteiger partial charge in [-0.05, 0) is 49.3 Å². The molecule has 0 aliphatic carbocycles. The van der Waals surface area contributed by atoms with Gasteiger partial charge in [-0.1, -0.05) is 12.1 Å². The molecule has 0 unspecified atom stereocenters. The molecule has 158 valence electrons. The Labute approximate surface area is 175 Å². The Morgan fingerprint density at radius 1 is 1.13 bits per heavy atom. The van der Waals surface area contributed by atoms with Crippen LogP contribution in [0.15, 0.2) is 42.5 Å². The highest BCUT2D eigenvalue weighted by Crippen LogP contribution is 2.36. The number of benzene rings is 2. The monoisotopic (exact) mass is 438 g/mol. The number of carbonyl (C=O) groups is 1. The number of carbonyl (C=O) groups excluding carboxylic acids is 1. The zero-order valence-corrected chi connectivity index (χ0v) is 16.3. The molecular formula is C19H17F3N4O3S. The van der Waals surface area contributed by atoms with Crippen LogP contribution in [0.1, 0.15) is 28.8 Å². The van der Waals surface area contributed by atoms with E-state index in [1.54, 1.807) is 0 Å². The largest absolute Gasteiger partial charge is 0.416 e. The lowest BCUT2D eigenvalue weighted by Gasteiger charge is -2.23. The molecule has 1 heterocycles. The van der Waals surface area contributed by atoms with Crippen molar-refractivity contribution in [3.63, 3.8) is 0 Å². The Morgan fingerprint density at radius 3 is 2.43 bits per heavy atom. The quantitative estimate of drug-likeness (QED) is 0.420. The Kier molecular flexibility index (Phi) is 6.20. The van der Waals surface area contributed by atoms with Crippen LogP contribution in [-0.2, 0) is 6.18 Å². The van der Waals surface area contributed by atoms with Gasteiger partial charge in [0.15, 0.2) is 5.11 Å². The van der Waals surface area contributed by atoms with Crippen LogP contribution in [0.4, 0.5) is 30.2 Å². The molecule has 0 atom stereocenters. The number of amides is 1. The lowest BCUT2D eigenvalue weighted by molar-refractivity contribution is -0.385. The average Bonchev–Trinajstić information content (AvgIpc) is 3.21. The standard InChI is InChI=1S/C19H17F3N4O3S/c20-19(21,22)12-7-8-16(25-9-3-4-10-25)14(11-12)23-18(30)24-17(27)13-5-1-2-6-15(13)26(28)29/h1-2,5-8,11H,3-4,9-10H2,(H2,23,24,27,30). The van der Waals surface area contributed by atoms with Crippen molar-refractivity contribution in [3.05, 3.63) is 63.7 Å². The molecule has 1 aliphatic rings. The zero-order chi connectivity index (χ0) is 21.9. The van der Waals surface area contributed by atoms with Crippen LogP contribution in [0.3, 0.4) is 0 Å². The van der Waals surface area contributed by atoms with Gasteiger partial charge in [-0.2, -0.15) is 13.2 Å². The van der Waals surface area contributed by atoms with E-state index in [9.17, 15) is 28.1 Å². The van der Waals surface area contributed by atoms with Crippen LogP contribution in [0.25, 0.3) is 0 Å². The molecule has 2 aromatic carbocycles. The number of para-hydroxylation sites is 1. The molecule has 0 radical (unpaired) electrons. The molecule has 0 spiro atoms. The van der Waals surface area contributed by atoms with Crippen molar-refractivity contribution >= 4 is 40.3 Å². The van der Waals surface area contributed by atoms with Crippen LogP contribution < -0.4 is 15.5 Å². The minimum absolute atomic E-state index is 0.0968. The van der Waals surface area contributed by atoms with E-state index in [2.05, 4.69) is 10.6 Å². The van der Waals surface area contributed by atoms with Crippen LogP contribution in [-0.4, -0.2) is 29.0 Å². The molecule has 1 amide bonds. The maximum Gasteiger partial charge on any atom is 0.416 e. The van der Waals surface area contributed by atoms with E-state index >= 15 is 0 Å². The molecule has 2 N–H and O–H groups in total. The third kappa shape index (κ3) is 4.85. The highest BCUT2D eigenvalue weighted by Gasteiger charge is 2.32. The Morgan fingerprint density at radius 2 is 1.80 bits per heavy atom. The summed E-state index contributed by atoms with van der Waals surface area (Å²) >= 11 is 5.08. The second-order valence-corrected chi connectivity index (χ2v) is 7.01. The molecule has 2 aromatic rings. The Bertz CT molecular complexity index is 991. The summed E-state index contributed by atoms with van der Waals surface area (Å²) in [4.78, 5) is 24.7. The fourth-order valence-corrected chi connectivity index (χ4v) is 3.40. The van der Waals surface area contributed by atoms with Gasteiger partial charge in [0.25, 0.3) is 11.6 Å². The van der Waals surface area contributed by atoms with Crippen molar-refractivity contribution in [2.24, 2.45) is 0 Å². The summed E-state index contributed by atoms with van der Waals surface area (Å²) in [5.74, 6) is -0.838. The van der Waals surface area contributed by atoms with Gasteiger partial charge >= 0.3 is 6.18 Å². The van der Waals surface area contributed by atoms with E-state index in [0.717, 1.165) is 25.0 Å². The number of alkyl halides is 3. The predicted molar refractivity (Wildman–Crippen MR) is 110 cm³/mol. The summed E-state index contributed by atoms with van der Waals surface area (Å²) in [5.41, 5.74) is -0.853. The number of hydrogen-bond acceptors (Lipinski definition) is 5. The van der Waals surface area contributed by atoms with E-state index in [1.807, 2.05) is 4.90 Å². The maximum atomic E-state index is 13.2. The van der Waals surface area contributed by atoms with E-state index in [0.29, 0.717) is 18.8 Å². The van der Waals surface area contributed by atoms with Gasteiger partial charge in [0.1, 0.15) is 5.56 Å². The van der Waals surface area contributed by atoms with Gasteiger partial charge < -0.3 is 10.2 Å². The predicted octanol–water partition coefficient (Wildman–Crippen LogP) is 4.34. The van der Waals surface area contributed by atoms with E-state index in [-0.39, 0.29) is 16.4 Å². The SMILES string of the molecule is O=C(NC(=S)Nc1cc(C(F)(F)F)ccc1N1CCCC1)c1ccccc1[N+](=O)[O-]. The molecule has 0 saturated carbocycles. The number of anilines is 2. The molecule has 1 saturated heterocycles. The summed E-state index contributed by atoms with van der Waals surface area (Å²) in [5, 5.41) is 15.8. The lowest BCUT2D eigenvalue weighted by atomic mass is 10.1. The molecule has 1 fully saturated rings. The van der Waals surface area contributed by atoms with Crippen LogP contribution in [0.2, 0.25) is 0 Å². The van der Waals surface area contributed by atoms with Crippen LogP contribution in [0, 0.1) is 10.1 Å². The molecule has 30 heavy (non-hydrogen) atoms. The number of nitro benzene ring substituents is 1. The number of rotatable bonds is 4. The summed E-state index contributed by atoms with van der Waals surface area (Å²) in [7, 11) is 0. The molecule has 1 aliphatic heterocycles. The van der Waals surface area contributed by atoms with Gasteiger partial charge in [0.05, 0.1) is 21.9 Å². The number of nitrogens with zero attached hydrogens (tertiary/aromatic N) is 2. The van der Waals surface area contributed by atoms with Crippen molar-refractivity contribution in [2.75, 3.05) is 23.3 Å².